The fourth-order valence-electron chi connectivity index (χ4n) is 2.61. The van der Waals surface area contributed by atoms with Gasteiger partial charge in [-0.1, -0.05) is 12.8 Å². The molecule has 0 aromatic heterocycles. The van der Waals surface area contributed by atoms with Crippen LogP contribution in [0.15, 0.2) is 0 Å². The molecule has 0 saturated carbocycles. The van der Waals surface area contributed by atoms with Gasteiger partial charge in [0, 0.05) is 19.2 Å². The summed E-state index contributed by atoms with van der Waals surface area (Å²) < 4.78 is 5.27. The first-order valence-electron chi connectivity index (χ1n) is 6.31. The Balaban J connectivity index is 2.06. The smallest absolute Gasteiger partial charge is 0.245 e. The molecule has 2 aliphatic rings. The summed E-state index contributed by atoms with van der Waals surface area (Å²) in [7, 11) is 0. The average molecular weight is 226 g/mol. The van der Waals surface area contributed by atoms with Crippen LogP contribution in [-0.4, -0.2) is 42.1 Å². The van der Waals surface area contributed by atoms with Gasteiger partial charge in [0.15, 0.2) is 0 Å². The molecule has 2 heterocycles. The van der Waals surface area contributed by atoms with E-state index in [1.165, 1.54) is 12.8 Å². The normalized spacial score (nSPS) is 36.1. The van der Waals surface area contributed by atoms with Crippen LogP contribution in [0.1, 0.15) is 39.0 Å². The van der Waals surface area contributed by atoms with Crippen LogP contribution in [0.3, 0.4) is 0 Å². The molecule has 2 fully saturated rings. The Bertz CT molecular complexity index is 262. The molecular formula is C12H22N2O2. The van der Waals surface area contributed by atoms with E-state index in [0.29, 0.717) is 25.7 Å². The van der Waals surface area contributed by atoms with Crippen molar-refractivity contribution in [2.75, 3.05) is 19.8 Å². The quantitative estimate of drug-likeness (QED) is 0.722. The average Bonchev–Trinajstić information content (AvgIpc) is 2.59. The number of carbonyl (C=O) groups excluding carboxylic acids is 1. The van der Waals surface area contributed by atoms with E-state index >= 15 is 0 Å². The second kappa shape index (κ2) is 4.72. The van der Waals surface area contributed by atoms with E-state index in [2.05, 4.69) is 6.92 Å². The molecule has 0 radical (unpaired) electrons. The minimum atomic E-state index is -0.751. The number of nitrogens with two attached hydrogens (primary N) is 1. The van der Waals surface area contributed by atoms with Crippen LogP contribution >= 0.6 is 0 Å². The predicted molar refractivity (Wildman–Crippen MR) is 62.0 cm³/mol. The van der Waals surface area contributed by atoms with Gasteiger partial charge < -0.3 is 15.4 Å². The highest BCUT2D eigenvalue weighted by Gasteiger charge is 2.42. The first-order chi connectivity index (χ1) is 7.63. The molecular weight excluding hydrogens is 204 g/mol. The third-order valence-electron chi connectivity index (χ3n) is 3.79. The van der Waals surface area contributed by atoms with Crippen molar-refractivity contribution < 1.29 is 9.53 Å². The number of carbonyl (C=O) groups is 1. The van der Waals surface area contributed by atoms with Crippen molar-refractivity contribution >= 4 is 5.91 Å². The van der Waals surface area contributed by atoms with Gasteiger partial charge in [-0.15, -0.1) is 0 Å². The van der Waals surface area contributed by atoms with Gasteiger partial charge in [-0.25, -0.2) is 0 Å². The van der Waals surface area contributed by atoms with Crippen molar-refractivity contribution in [3.05, 3.63) is 0 Å². The van der Waals surface area contributed by atoms with Gasteiger partial charge >= 0.3 is 0 Å². The lowest BCUT2D eigenvalue weighted by Gasteiger charge is -2.33. The molecule has 2 atom stereocenters. The van der Waals surface area contributed by atoms with E-state index in [9.17, 15) is 4.79 Å². The van der Waals surface area contributed by atoms with Gasteiger partial charge in [0.25, 0.3) is 0 Å². The van der Waals surface area contributed by atoms with Crippen LogP contribution in [0.5, 0.6) is 0 Å². The highest BCUT2D eigenvalue weighted by atomic mass is 16.5. The lowest BCUT2D eigenvalue weighted by atomic mass is 9.97. The summed E-state index contributed by atoms with van der Waals surface area (Å²) in [5, 5.41) is 0. The van der Waals surface area contributed by atoms with Gasteiger partial charge in [-0.05, 0) is 26.2 Å². The number of amides is 1. The SMILES string of the molecule is CC1CCCCCN1C(=O)C1(N)CCOC1. The molecule has 2 N–H and O–H groups in total. The first kappa shape index (κ1) is 11.9. The molecule has 16 heavy (non-hydrogen) atoms. The third-order valence-corrected chi connectivity index (χ3v) is 3.79. The van der Waals surface area contributed by atoms with E-state index < -0.39 is 5.54 Å². The number of likely N-dealkylation sites (tertiary alicyclic amines) is 1. The van der Waals surface area contributed by atoms with E-state index in [1.54, 1.807) is 0 Å². The molecule has 1 amide bonds. The predicted octanol–water partition coefficient (Wildman–Crippen LogP) is 0.895. The van der Waals surface area contributed by atoms with Crippen LogP contribution in [0.4, 0.5) is 0 Å². The molecule has 0 aliphatic carbocycles. The number of hydrogen-bond acceptors (Lipinski definition) is 3. The molecule has 4 nitrogen and oxygen atoms in total. The Morgan fingerprint density at radius 2 is 2.25 bits per heavy atom. The molecule has 92 valence electrons. The second-order valence-corrected chi connectivity index (χ2v) is 5.16. The standard InChI is InChI=1S/C12H22N2O2/c1-10-5-3-2-4-7-14(10)11(15)12(13)6-8-16-9-12/h10H,2-9,13H2,1H3. The maximum absolute atomic E-state index is 12.4. The highest BCUT2D eigenvalue weighted by molar-refractivity contribution is 5.87. The van der Waals surface area contributed by atoms with Crippen molar-refractivity contribution in [3.63, 3.8) is 0 Å². The zero-order valence-corrected chi connectivity index (χ0v) is 10.1. The lowest BCUT2D eigenvalue weighted by Crippen LogP contribution is -2.57. The van der Waals surface area contributed by atoms with E-state index in [1.807, 2.05) is 4.90 Å². The van der Waals surface area contributed by atoms with E-state index in [-0.39, 0.29) is 5.91 Å². The summed E-state index contributed by atoms with van der Waals surface area (Å²) in [6.07, 6.45) is 5.31. The fourth-order valence-corrected chi connectivity index (χ4v) is 2.61. The highest BCUT2D eigenvalue weighted by Crippen LogP contribution is 2.23. The zero-order valence-electron chi connectivity index (χ0n) is 10.1. The second-order valence-electron chi connectivity index (χ2n) is 5.16. The van der Waals surface area contributed by atoms with Gasteiger partial charge in [0.2, 0.25) is 5.91 Å². The monoisotopic (exact) mass is 226 g/mol. The van der Waals surface area contributed by atoms with Crippen molar-refractivity contribution in [2.45, 2.75) is 50.6 Å². The van der Waals surface area contributed by atoms with Crippen molar-refractivity contribution in [1.82, 2.24) is 4.90 Å². The third kappa shape index (κ3) is 2.23. The Kier molecular flexibility index (Phi) is 3.50. The summed E-state index contributed by atoms with van der Waals surface area (Å²) in [4.78, 5) is 14.4. The Morgan fingerprint density at radius 3 is 2.94 bits per heavy atom. The van der Waals surface area contributed by atoms with Gasteiger partial charge in [-0.3, -0.25) is 4.79 Å². The molecule has 2 saturated heterocycles. The summed E-state index contributed by atoms with van der Waals surface area (Å²) >= 11 is 0. The van der Waals surface area contributed by atoms with Gasteiger partial charge in [0.05, 0.1) is 6.61 Å². The minimum Gasteiger partial charge on any atom is -0.379 e. The summed E-state index contributed by atoms with van der Waals surface area (Å²) in [5.41, 5.74) is 5.38. The van der Waals surface area contributed by atoms with Crippen LogP contribution in [0.2, 0.25) is 0 Å². The molecule has 2 unspecified atom stereocenters. The molecule has 2 rings (SSSR count). The summed E-state index contributed by atoms with van der Waals surface area (Å²) in [6.45, 7) is 3.99. The van der Waals surface area contributed by atoms with Crippen LogP contribution in [-0.2, 0) is 9.53 Å². The largest absolute Gasteiger partial charge is 0.379 e. The van der Waals surface area contributed by atoms with Crippen LogP contribution in [0.25, 0.3) is 0 Å². The topological polar surface area (TPSA) is 55.6 Å². The molecule has 0 bridgehead atoms. The molecule has 4 heteroatoms. The molecule has 0 spiro atoms. The van der Waals surface area contributed by atoms with Gasteiger partial charge in [0.1, 0.15) is 5.54 Å². The number of nitrogens with zero attached hydrogens (tertiary/aromatic N) is 1. The van der Waals surface area contributed by atoms with E-state index in [0.717, 1.165) is 19.4 Å². The Hall–Kier alpha value is -0.610. The van der Waals surface area contributed by atoms with Crippen molar-refractivity contribution in [1.29, 1.82) is 0 Å². The van der Waals surface area contributed by atoms with E-state index in [4.69, 9.17) is 10.5 Å². The maximum Gasteiger partial charge on any atom is 0.245 e. The number of rotatable bonds is 1. The minimum absolute atomic E-state index is 0.0967. The first-order valence-corrected chi connectivity index (χ1v) is 6.31. The number of ether oxygens (including phenoxy) is 1. The molecule has 0 aromatic carbocycles. The lowest BCUT2D eigenvalue weighted by molar-refractivity contribution is -0.139. The molecule has 0 aromatic rings. The van der Waals surface area contributed by atoms with Gasteiger partial charge in [-0.2, -0.15) is 0 Å². The van der Waals surface area contributed by atoms with Crippen molar-refractivity contribution in [3.8, 4) is 0 Å². The Morgan fingerprint density at radius 1 is 1.44 bits per heavy atom. The van der Waals surface area contributed by atoms with Crippen LogP contribution < -0.4 is 5.73 Å². The van der Waals surface area contributed by atoms with Crippen molar-refractivity contribution in [2.24, 2.45) is 5.73 Å². The summed E-state index contributed by atoms with van der Waals surface area (Å²) in [5.74, 6) is 0.0967. The molecule has 2 aliphatic heterocycles. The summed E-state index contributed by atoms with van der Waals surface area (Å²) in [6, 6.07) is 0.330. The zero-order chi connectivity index (χ0) is 11.6. The Labute approximate surface area is 97.1 Å². The fraction of sp³-hybridized carbons (Fsp3) is 0.917. The van der Waals surface area contributed by atoms with Crippen LogP contribution in [0, 0.1) is 0 Å². The maximum atomic E-state index is 12.4. The number of hydrogen-bond donors (Lipinski definition) is 1.